The van der Waals surface area contributed by atoms with Crippen LogP contribution in [-0.4, -0.2) is 51.0 Å². The van der Waals surface area contributed by atoms with Gasteiger partial charge in [-0.25, -0.2) is 4.39 Å². The van der Waals surface area contributed by atoms with Gasteiger partial charge in [-0.2, -0.15) is 17.4 Å². The Morgan fingerprint density at radius 1 is 1.36 bits per heavy atom. The number of hydrogen-bond acceptors (Lipinski definition) is 4. The van der Waals surface area contributed by atoms with E-state index in [0.29, 0.717) is 43.9 Å². The smallest absolute Gasteiger partial charge is 0.279 e. The van der Waals surface area contributed by atoms with Crippen LogP contribution in [-0.2, 0) is 19.7 Å². The maximum atomic E-state index is 13.3. The maximum Gasteiger partial charge on any atom is 0.279 e. The van der Waals surface area contributed by atoms with Crippen LogP contribution in [0.1, 0.15) is 18.4 Å². The number of halogens is 1. The van der Waals surface area contributed by atoms with Gasteiger partial charge in [-0.15, -0.1) is 0 Å². The van der Waals surface area contributed by atoms with Crippen LogP contribution in [0.2, 0.25) is 0 Å². The molecule has 2 fully saturated rings. The first-order valence-electron chi connectivity index (χ1n) is 8.27. The zero-order chi connectivity index (χ0) is 18.0. The van der Waals surface area contributed by atoms with Crippen LogP contribution in [0.15, 0.2) is 18.2 Å². The Hall–Kier alpha value is -1.55. The van der Waals surface area contributed by atoms with Crippen LogP contribution in [0.5, 0.6) is 0 Å². The molecule has 0 bridgehead atoms. The van der Waals surface area contributed by atoms with Gasteiger partial charge >= 0.3 is 0 Å². The number of rotatable bonds is 5. The third kappa shape index (κ3) is 4.35. The average Bonchev–Trinajstić information content (AvgIpc) is 3.22. The molecule has 2 aliphatic heterocycles. The minimum absolute atomic E-state index is 0.134. The van der Waals surface area contributed by atoms with Crippen molar-refractivity contribution in [3.63, 3.8) is 0 Å². The maximum absolute atomic E-state index is 13.3. The number of hydrogen-bond donors (Lipinski definition) is 2. The van der Waals surface area contributed by atoms with Crippen LogP contribution < -0.4 is 10.0 Å². The van der Waals surface area contributed by atoms with Gasteiger partial charge in [-0.1, -0.05) is 0 Å². The van der Waals surface area contributed by atoms with Crippen LogP contribution in [0.25, 0.3) is 0 Å². The van der Waals surface area contributed by atoms with E-state index in [1.165, 1.54) is 16.4 Å². The summed E-state index contributed by atoms with van der Waals surface area (Å²) in [5.41, 5.74) is 0.947. The monoisotopic (exact) mass is 371 g/mol. The summed E-state index contributed by atoms with van der Waals surface area (Å²) in [5, 5.41) is 2.73. The second-order valence-corrected chi connectivity index (χ2v) is 8.18. The van der Waals surface area contributed by atoms with E-state index in [-0.39, 0.29) is 24.3 Å². The SMILES string of the molecule is Cc1cc(NC(=O)[C@H]2CCN(S(=O)(=O)N[C@H]3CCOC3)C2)ccc1F. The second-order valence-electron chi connectivity index (χ2n) is 6.48. The van der Waals surface area contributed by atoms with E-state index in [0.717, 1.165) is 0 Å². The summed E-state index contributed by atoms with van der Waals surface area (Å²) in [4.78, 5) is 12.4. The summed E-state index contributed by atoms with van der Waals surface area (Å²) >= 11 is 0. The molecule has 0 radical (unpaired) electrons. The van der Waals surface area contributed by atoms with Crippen molar-refractivity contribution >= 4 is 21.8 Å². The Bertz CT molecular complexity index is 750. The number of amides is 1. The van der Waals surface area contributed by atoms with E-state index < -0.39 is 16.1 Å². The molecule has 0 saturated carbocycles. The van der Waals surface area contributed by atoms with E-state index in [2.05, 4.69) is 10.0 Å². The van der Waals surface area contributed by atoms with Gasteiger partial charge in [0, 0.05) is 31.4 Å². The first-order chi connectivity index (χ1) is 11.8. The summed E-state index contributed by atoms with van der Waals surface area (Å²) in [7, 11) is -3.62. The number of carbonyl (C=O) groups excluding carboxylic acids is 1. The van der Waals surface area contributed by atoms with Crippen LogP contribution in [0, 0.1) is 18.7 Å². The number of benzene rings is 1. The molecule has 0 aromatic heterocycles. The molecule has 0 aliphatic carbocycles. The molecule has 2 N–H and O–H groups in total. The third-order valence-electron chi connectivity index (χ3n) is 4.53. The lowest BCUT2D eigenvalue weighted by Crippen LogP contribution is -2.45. The molecule has 0 spiro atoms. The van der Waals surface area contributed by atoms with Crippen molar-refractivity contribution in [3.05, 3.63) is 29.6 Å². The lowest BCUT2D eigenvalue weighted by molar-refractivity contribution is -0.119. The van der Waals surface area contributed by atoms with E-state index >= 15 is 0 Å². The lowest BCUT2D eigenvalue weighted by Gasteiger charge is -2.19. The molecule has 2 aliphatic rings. The standard InChI is InChI=1S/C16H22FN3O4S/c1-11-8-13(2-3-15(11)17)18-16(21)12-4-6-20(9-12)25(22,23)19-14-5-7-24-10-14/h2-3,8,12,14,19H,4-7,9-10H2,1H3,(H,18,21)/t12-,14-/m0/s1. The van der Waals surface area contributed by atoms with Gasteiger partial charge in [0.25, 0.3) is 10.2 Å². The van der Waals surface area contributed by atoms with Crippen molar-refractivity contribution in [1.29, 1.82) is 0 Å². The van der Waals surface area contributed by atoms with Gasteiger partial charge in [0.05, 0.1) is 12.5 Å². The molecule has 25 heavy (non-hydrogen) atoms. The fraction of sp³-hybridized carbons (Fsp3) is 0.562. The molecular formula is C16H22FN3O4S. The molecule has 2 heterocycles. The van der Waals surface area contributed by atoms with E-state index in [4.69, 9.17) is 4.74 Å². The Kier molecular flexibility index (Phi) is 5.38. The predicted octanol–water partition coefficient (Wildman–Crippen LogP) is 1.02. The average molecular weight is 371 g/mol. The van der Waals surface area contributed by atoms with Gasteiger partial charge in [0.1, 0.15) is 5.82 Å². The second kappa shape index (κ2) is 7.36. The van der Waals surface area contributed by atoms with E-state index in [1.54, 1.807) is 13.0 Å². The fourth-order valence-electron chi connectivity index (χ4n) is 3.04. The molecule has 0 unspecified atom stereocenters. The highest BCUT2D eigenvalue weighted by molar-refractivity contribution is 7.87. The van der Waals surface area contributed by atoms with Crippen molar-refractivity contribution in [2.45, 2.75) is 25.8 Å². The third-order valence-corrected chi connectivity index (χ3v) is 6.18. The van der Waals surface area contributed by atoms with Gasteiger partial charge < -0.3 is 10.1 Å². The molecule has 1 aromatic carbocycles. The number of carbonyl (C=O) groups is 1. The van der Waals surface area contributed by atoms with Crippen molar-refractivity contribution in [3.8, 4) is 0 Å². The highest BCUT2D eigenvalue weighted by Gasteiger charge is 2.36. The van der Waals surface area contributed by atoms with E-state index in [9.17, 15) is 17.6 Å². The molecule has 3 rings (SSSR count). The first-order valence-corrected chi connectivity index (χ1v) is 9.71. The van der Waals surface area contributed by atoms with Crippen molar-refractivity contribution < 1.29 is 22.3 Å². The Labute approximate surface area is 146 Å². The Morgan fingerprint density at radius 2 is 2.16 bits per heavy atom. The minimum atomic E-state index is -3.62. The zero-order valence-corrected chi connectivity index (χ0v) is 14.8. The molecule has 2 saturated heterocycles. The van der Waals surface area contributed by atoms with Gasteiger partial charge in [-0.05, 0) is 43.5 Å². The number of anilines is 1. The topological polar surface area (TPSA) is 87.7 Å². The summed E-state index contributed by atoms with van der Waals surface area (Å²) < 4.78 is 47.1. The normalized spacial score (nSPS) is 24.6. The molecule has 138 valence electrons. The van der Waals surface area contributed by atoms with Gasteiger partial charge in [0.2, 0.25) is 5.91 Å². The Balaban J connectivity index is 1.57. The summed E-state index contributed by atoms with van der Waals surface area (Å²) in [6.45, 7) is 2.97. The van der Waals surface area contributed by atoms with Crippen molar-refractivity contribution in [2.75, 3.05) is 31.6 Å². The van der Waals surface area contributed by atoms with Gasteiger partial charge in [0.15, 0.2) is 0 Å². The highest BCUT2D eigenvalue weighted by Crippen LogP contribution is 2.22. The molecule has 1 amide bonds. The predicted molar refractivity (Wildman–Crippen MR) is 90.7 cm³/mol. The van der Waals surface area contributed by atoms with E-state index in [1.807, 2.05) is 0 Å². The van der Waals surface area contributed by atoms with Gasteiger partial charge in [-0.3, -0.25) is 4.79 Å². The highest BCUT2D eigenvalue weighted by atomic mass is 32.2. The molecule has 1 aromatic rings. The van der Waals surface area contributed by atoms with Crippen LogP contribution in [0.3, 0.4) is 0 Å². The zero-order valence-electron chi connectivity index (χ0n) is 14.0. The largest absolute Gasteiger partial charge is 0.380 e. The fourth-order valence-corrected chi connectivity index (χ4v) is 4.52. The molecule has 2 atom stereocenters. The summed E-state index contributed by atoms with van der Waals surface area (Å²) in [5.74, 6) is -1.02. The summed E-state index contributed by atoms with van der Waals surface area (Å²) in [6, 6.07) is 4.13. The van der Waals surface area contributed by atoms with Crippen LogP contribution >= 0.6 is 0 Å². The quantitative estimate of drug-likeness (QED) is 0.809. The minimum Gasteiger partial charge on any atom is -0.380 e. The number of ether oxygens (including phenoxy) is 1. The number of nitrogens with zero attached hydrogens (tertiary/aromatic N) is 1. The van der Waals surface area contributed by atoms with Crippen LogP contribution in [0.4, 0.5) is 10.1 Å². The molecule has 7 nitrogen and oxygen atoms in total. The Morgan fingerprint density at radius 3 is 2.84 bits per heavy atom. The number of nitrogens with one attached hydrogen (secondary N) is 2. The molecular weight excluding hydrogens is 349 g/mol. The van der Waals surface area contributed by atoms with Crippen molar-refractivity contribution in [1.82, 2.24) is 9.03 Å². The lowest BCUT2D eigenvalue weighted by atomic mass is 10.1. The molecule has 9 heteroatoms. The first kappa shape index (κ1) is 18.2. The summed E-state index contributed by atoms with van der Waals surface area (Å²) in [6.07, 6.45) is 1.11. The van der Waals surface area contributed by atoms with Crippen molar-refractivity contribution in [2.24, 2.45) is 5.92 Å². The number of aryl methyl sites for hydroxylation is 1.